The number of ether oxygens (including phenoxy) is 2. The zero-order valence-electron chi connectivity index (χ0n) is 9.77. The average Bonchev–Trinajstić information content (AvgIpc) is 2.32. The second-order valence-corrected chi connectivity index (χ2v) is 4.31. The summed E-state index contributed by atoms with van der Waals surface area (Å²) in [5.74, 6) is -1.49. The molecule has 0 spiro atoms. The molecule has 0 radical (unpaired) electrons. The predicted octanol–water partition coefficient (Wildman–Crippen LogP) is 1.19. The Morgan fingerprint density at radius 3 is 2.56 bits per heavy atom. The Hall–Kier alpha value is -1.76. The highest BCUT2D eigenvalue weighted by atomic mass is 79.9. The first-order chi connectivity index (χ1) is 8.36. The normalized spacial score (nSPS) is 11.7. The Morgan fingerprint density at radius 2 is 2.06 bits per heavy atom. The van der Waals surface area contributed by atoms with Crippen molar-refractivity contribution < 1.29 is 24.2 Å². The quantitative estimate of drug-likeness (QED) is 0.813. The van der Waals surface area contributed by atoms with Gasteiger partial charge in [0.25, 0.3) is 5.91 Å². The van der Waals surface area contributed by atoms with Gasteiger partial charge in [-0.2, -0.15) is 0 Å². The molecule has 0 bridgehead atoms. The predicted molar refractivity (Wildman–Crippen MR) is 66.4 cm³/mol. The number of carbonyl (C=O) groups excluding carboxylic acids is 2. The second-order valence-electron chi connectivity index (χ2n) is 3.46. The number of carbonyl (C=O) groups is 2. The number of methoxy groups -OCH3 is 1. The van der Waals surface area contributed by atoms with Gasteiger partial charge in [-0.1, -0.05) is 0 Å². The first-order valence-electron chi connectivity index (χ1n) is 4.93. The molecule has 6 nitrogen and oxygen atoms in total. The van der Waals surface area contributed by atoms with Crippen molar-refractivity contribution >= 4 is 27.8 Å². The minimum Gasteiger partial charge on any atom is -0.503 e. The van der Waals surface area contributed by atoms with Crippen molar-refractivity contribution in [3.05, 3.63) is 22.2 Å². The van der Waals surface area contributed by atoms with Crippen LogP contribution in [0.5, 0.6) is 11.5 Å². The summed E-state index contributed by atoms with van der Waals surface area (Å²) < 4.78 is 9.99. The van der Waals surface area contributed by atoms with Gasteiger partial charge in [0.2, 0.25) is 0 Å². The molecule has 0 fully saturated rings. The lowest BCUT2D eigenvalue weighted by atomic mass is 10.2. The van der Waals surface area contributed by atoms with Crippen molar-refractivity contribution in [1.29, 1.82) is 0 Å². The number of rotatable bonds is 4. The van der Waals surface area contributed by atoms with Crippen molar-refractivity contribution in [3.8, 4) is 11.5 Å². The number of hydrogen-bond donors (Lipinski definition) is 2. The molecular weight excluding hydrogens is 306 g/mol. The molecule has 1 amide bonds. The Labute approximate surface area is 112 Å². The van der Waals surface area contributed by atoms with E-state index in [1.165, 1.54) is 26.2 Å². The van der Waals surface area contributed by atoms with E-state index in [-0.39, 0.29) is 21.5 Å². The monoisotopic (exact) mass is 317 g/mol. The highest BCUT2D eigenvalue weighted by Gasteiger charge is 2.19. The number of benzene rings is 1. The van der Waals surface area contributed by atoms with Crippen LogP contribution in [-0.2, 0) is 9.53 Å². The number of aromatic hydroxyl groups is 1. The van der Waals surface area contributed by atoms with Crippen LogP contribution in [0.1, 0.15) is 17.3 Å². The van der Waals surface area contributed by atoms with Gasteiger partial charge < -0.3 is 20.3 Å². The zero-order chi connectivity index (χ0) is 13.9. The van der Waals surface area contributed by atoms with Crippen LogP contribution < -0.4 is 10.5 Å². The van der Waals surface area contributed by atoms with E-state index in [4.69, 9.17) is 15.2 Å². The van der Waals surface area contributed by atoms with Crippen LogP contribution in [0.2, 0.25) is 0 Å². The maximum Gasteiger partial charge on any atom is 0.339 e. The molecule has 98 valence electrons. The van der Waals surface area contributed by atoms with Gasteiger partial charge in [-0.15, -0.1) is 0 Å². The Bertz CT molecular complexity index is 489. The van der Waals surface area contributed by atoms with Crippen LogP contribution in [0, 0.1) is 0 Å². The fourth-order valence-corrected chi connectivity index (χ4v) is 1.58. The third-order valence-corrected chi connectivity index (χ3v) is 2.77. The third kappa shape index (κ3) is 3.13. The molecule has 1 atom stereocenters. The summed E-state index contributed by atoms with van der Waals surface area (Å²) in [7, 11) is 1.35. The topological polar surface area (TPSA) is 98.9 Å². The maximum absolute atomic E-state index is 11.7. The van der Waals surface area contributed by atoms with E-state index in [1.54, 1.807) is 0 Å². The second kappa shape index (κ2) is 5.72. The van der Waals surface area contributed by atoms with Gasteiger partial charge >= 0.3 is 5.97 Å². The zero-order valence-corrected chi connectivity index (χ0v) is 11.4. The van der Waals surface area contributed by atoms with E-state index in [0.29, 0.717) is 0 Å². The van der Waals surface area contributed by atoms with Gasteiger partial charge in [0.1, 0.15) is 0 Å². The number of phenols is 1. The summed E-state index contributed by atoms with van der Waals surface area (Å²) in [6.45, 7) is 1.37. The molecule has 3 N–H and O–H groups in total. The maximum atomic E-state index is 11.7. The summed E-state index contributed by atoms with van der Waals surface area (Å²) in [6, 6.07) is 2.66. The molecule has 0 aromatic heterocycles. The number of hydrogen-bond acceptors (Lipinski definition) is 5. The summed E-state index contributed by atoms with van der Waals surface area (Å²) in [5.41, 5.74) is 5.11. The van der Waals surface area contributed by atoms with Gasteiger partial charge in [-0.25, -0.2) is 4.79 Å². The lowest BCUT2D eigenvalue weighted by molar-refractivity contribution is -0.125. The number of esters is 1. The van der Waals surface area contributed by atoms with E-state index in [2.05, 4.69) is 15.9 Å². The summed E-state index contributed by atoms with van der Waals surface area (Å²) in [6.07, 6.45) is -1.03. The minimum atomic E-state index is -1.03. The number of amides is 1. The lowest BCUT2D eigenvalue weighted by Gasteiger charge is -2.11. The standard InChI is InChI=1S/C11H12BrNO5/c1-5(10(13)15)18-11(16)6-3-7(12)9(14)8(4-6)17-2/h3-5,14H,1-2H3,(H2,13,15). The molecular formula is C11H12BrNO5. The SMILES string of the molecule is COc1cc(C(=O)OC(C)C(N)=O)cc(Br)c1O. The molecule has 0 saturated heterocycles. The third-order valence-electron chi connectivity index (χ3n) is 2.17. The highest BCUT2D eigenvalue weighted by molar-refractivity contribution is 9.10. The molecule has 18 heavy (non-hydrogen) atoms. The van der Waals surface area contributed by atoms with E-state index in [0.717, 1.165) is 0 Å². The Balaban J connectivity index is 3.00. The van der Waals surface area contributed by atoms with E-state index in [9.17, 15) is 14.7 Å². The number of primary amides is 1. The molecule has 0 aliphatic rings. The van der Waals surface area contributed by atoms with Crippen molar-refractivity contribution in [2.75, 3.05) is 7.11 Å². The molecule has 0 heterocycles. The first kappa shape index (κ1) is 14.3. The first-order valence-corrected chi connectivity index (χ1v) is 5.73. The van der Waals surface area contributed by atoms with E-state index >= 15 is 0 Å². The fraction of sp³-hybridized carbons (Fsp3) is 0.273. The van der Waals surface area contributed by atoms with Crippen molar-refractivity contribution in [3.63, 3.8) is 0 Å². The molecule has 1 aromatic carbocycles. The average molecular weight is 318 g/mol. The summed E-state index contributed by atoms with van der Waals surface area (Å²) >= 11 is 3.07. The number of nitrogens with two attached hydrogens (primary N) is 1. The van der Waals surface area contributed by atoms with Gasteiger partial charge in [-0.3, -0.25) is 4.79 Å². The van der Waals surface area contributed by atoms with Crippen molar-refractivity contribution in [2.45, 2.75) is 13.0 Å². The summed E-state index contributed by atoms with van der Waals surface area (Å²) in [4.78, 5) is 22.5. The van der Waals surface area contributed by atoms with Crippen molar-refractivity contribution in [2.24, 2.45) is 5.73 Å². The van der Waals surface area contributed by atoms with E-state index < -0.39 is 18.0 Å². The number of halogens is 1. The van der Waals surface area contributed by atoms with Gasteiger partial charge in [-0.05, 0) is 35.0 Å². The van der Waals surface area contributed by atoms with Crippen LogP contribution >= 0.6 is 15.9 Å². The Kier molecular flexibility index (Phi) is 4.55. The van der Waals surface area contributed by atoms with E-state index in [1.807, 2.05) is 0 Å². The highest BCUT2D eigenvalue weighted by Crippen LogP contribution is 2.35. The molecule has 0 aliphatic carbocycles. The van der Waals surface area contributed by atoms with Crippen LogP contribution in [-0.4, -0.2) is 30.2 Å². The van der Waals surface area contributed by atoms with Gasteiger partial charge in [0, 0.05) is 0 Å². The minimum absolute atomic E-state index is 0.114. The number of phenolic OH excluding ortho intramolecular Hbond substituents is 1. The van der Waals surface area contributed by atoms with Crippen LogP contribution in [0.15, 0.2) is 16.6 Å². The van der Waals surface area contributed by atoms with Crippen LogP contribution in [0.4, 0.5) is 0 Å². The smallest absolute Gasteiger partial charge is 0.339 e. The van der Waals surface area contributed by atoms with Gasteiger partial charge in [0.05, 0.1) is 17.1 Å². The van der Waals surface area contributed by atoms with Gasteiger partial charge in [0.15, 0.2) is 17.6 Å². The molecule has 1 aromatic rings. The lowest BCUT2D eigenvalue weighted by Crippen LogP contribution is -2.30. The molecule has 0 aliphatic heterocycles. The van der Waals surface area contributed by atoms with Crippen molar-refractivity contribution in [1.82, 2.24) is 0 Å². The largest absolute Gasteiger partial charge is 0.503 e. The van der Waals surface area contributed by atoms with Crippen LogP contribution in [0.3, 0.4) is 0 Å². The summed E-state index contributed by atoms with van der Waals surface area (Å²) in [5, 5.41) is 9.58. The Morgan fingerprint density at radius 1 is 1.44 bits per heavy atom. The molecule has 1 rings (SSSR count). The molecule has 0 saturated carbocycles. The van der Waals surface area contributed by atoms with Crippen LogP contribution in [0.25, 0.3) is 0 Å². The fourth-order valence-electron chi connectivity index (χ4n) is 1.13. The molecule has 1 unspecified atom stereocenters. The molecule has 7 heteroatoms.